The summed E-state index contributed by atoms with van der Waals surface area (Å²) in [5.41, 5.74) is 6.97. The van der Waals surface area contributed by atoms with E-state index in [4.69, 9.17) is 5.73 Å². The van der Waals surface area contributed by atoms with Crippen molar-refractivity contribution in [1.82, 2.24) is 4.72 Å². The van der Waals surface area contributed by atoms with Gasteiger partial charge in [-0.05, 0) is 43.5 Å². The standard InChI is InChI=1S/C12H17F3N2O2S/c1-8-6-10(16)7-9(2)11(8)20(18,19)17-5-3-4-12(13,14)15/h6-7,17H,3-5,16H2,1-2H3. The minimum absolute atomic E-state index is 0.0682. The van der Waals surface area contributed by atoms with Gasteiger partial charge in [-0.3, -0.25) is 0 Å². The predicted octanol–water partition coefficient (Wildman–Crippen LogP) is 2.51. The van der Waals surface area contributed by atoms with Crippen molar-refractivity contribution >= 4 is 15.7 Å². The molecule has 0 aliphatic heterocycles. The number of sulfonamides is 1. The number of aryl methyl sites for hydroxylation is 2. The molecular weight excluding hydrogens is 293 g/mol. The Kier molecular flexibility index (Phi) is 5.04. The van der Waals surface area contributed by atoms with Gasteiger partial charge in [0.25, 0.3) is 0 Å². The summed E-state index contributed by atoms with van der Waals surface area (Å²) in [5.74, 6) is 0. The van der Waals surface area contributed by atoms with E-state index in [2.05, 4.69) is 4.72 Å². The number of hydrogen-bond donors (Lipinski definition) is 2. The zero-order chi connectivity index (χ0) is 15.6. The second-order valence-electron chi connectivity index (χ2n) is 4.60. The van der Waals surface area contributed by atoms with Crippen LogP contribution in [0.1, 0.15) is 24.0 Å². The van der Waals surface area contributed by atoms with Crippen LogP contribution < -0.4 is 10.5 Å². The van der Waals surface area contributed by atoms with Gasteiger partial charge < -0.3 is 5.73 Å². The monoisotopic (exact) mass is 310 g/mol. The maximum atomic E-state index is 12.1. The minimum Gasteiger partial charge on any atom is -0.399 e. The van der Waals surface area contributed by atoms with E-state index < -0.39 is 22.6 Å². The van der Waals surface area contributed by atoms with Crippen molar-refractivity contribution in [3.8, 4) is 0 Å². The van der Waals surface area contributed by atoms with Crippen LogP contribution in [-0.2, 0) is 10.0 Å². The van der Waals surface area contributed by atoms with Crippen molar-refractivity contribution in [3.63, 3.8) is 0 Å². The number of nitrogen functional groups attached to an aromatic ring is 1. The van der Waals surface area contributed by atoms with Crippen molar-refractivity contribution in [2.45, 2.75) is 37.8 Å². The molecule has 0 amide bonds. The van der Waals surface area contributed by atoms with Crippen molar-refractivity contribution in [1.29, 1.82) is 0 Å². The largest absolute Gasteiger partial charge is 0.399 e. The lowest BCUT2D eigenvalue weighted by Crippen LogP contribution is -2.27. The Bertz CT molecular complexity index is 560. The average molecular weight is 310 g/mol. The second-order valence-corrected chi connectivity index (χ2v) is 6.30. The molecule has 8 heteroatoms. The summed E-state index contributed by atoms with van der Waals surface area (Å²) >= 11 is 0. The maximum Gasteiger partial charge on any atom is 0.389 e. The third-order valence-corrected chi connectivity index (χ3v) is 4.45. The van der Waals surface area contributed by atoms with Gasteiger partial charge in [0.1, 0.15) is 0 Å². The van der Waals surface area contributed by atoms with Gasteiger partial charge in [0.15, 0.2) is 0 Å². The van der Waals surface area contributed by atoms with E-state index in [-0.39, 0.29) is 17.9 Å². The lowest BCUT2D eigenvalue weighted by Gasteiger charge is -2.13. The molecule has 0 bridgehead atoms. The van der Waals surface area contributed by atoms with Gasteiger partial charge >= 0.3 is 6.18 Å². The molecule has 1 aromatic rings. The van der Waals surface area contributed by atoms with E-state index >= 15 is 0 Å². The Hall–Kier alpha value is -1.28. The highest BCUT2D eigenvalue weighted by Crippen LogP contribution is 2.24. The SMILES string of the molecule is Cc1cc(N)cc(C)c1S(=O)(=O)NCCCC(F)(F)F. The predicted molar refractivity (Wildman–Crippen MR) is 70.8 cm³/mol. The lowest BCUT2D eigenvalue weighted by molar-refractivity contribution is -0.135. The van der Waals surface area contributed by atoms with Gasteiger partial charge in [0.2, 0.25) is 10.0 Å². The number of alkyl halides is 3. The molecule has 0 radical (unpaired) electrons. The fraction of sp³-hybridized carbons (Fsp3) is 0.500. The van der Waals surface area contributed by atoms with E-state index in [1.807, 2.05) is 0 Å². The molecular formula is C12H17F3N2O2S. The summed E-state index contributed by atoms with van der Waals surface area (Å²) < 4.78 is 62.3. The van der Waals surface area contributed by atoms with Crippen LogP contribution in [0.5, 0.6) is 0 Å². The van der Waals surface area contributed by atoms with Crippen LogP contribution in [0.25, 0.3) is 0 Å². The zero-order valence-corrected chi connectivity index (χ0v) is 12.0. The molecule has 0 saturated heterocycles. The van der Waals surface area contributed by atoms with E-state index in [0.29, 0.717) is 16.8 Å². The molecule has 0 unspecified atom stereocenters. The van der Waals surface area contributed by atoms with Crippen molar-refractivity contribution in [2.24, 2.45) is 0 Å². The Balaban J connectivity index is 2.80. The number of benzene rings is 1. The summed E-state index contributed by atoms with van der Waals surface area (Å²) in [4.78, 5) is 0.0682. The molecule has 114 valence electrons. The second kappa shape index (κ2) is 6.01. The Labute approximate surface area is 116 Å². The zero-order valence-electron chi connectivity index (χ0n) is 11.2. The van der Waals surface area contributed by atoms with Crippen LogP contribution >= 0.6 is 0 Å². The van der Waals surface area contributed by atoms with E-state index in [1.165, 1.54) is 12.1 Å². The maximum absolute atomic E-state index is 12.1. The number of hydrogen-bond acceptors (Lipinski definition) is 3. The fourth-order valence-electron chi connectivity index (χ4n) is 1.98. The Morgan fingerprint density at radius 1 is 1.20 bits per heavy atom. The highest BCUT2D eigenvalue weighted by Gasteiger charge is 2.26. The Morgan fingerprint density at radius 2 is 1.70 bits per heavy atom. The number of halogens is 3. The number of nitrogens with two attached hydrogens (primary N) is 1. The van der Waals surface area contributed by atoms with E-state index in [1.54, 1.807) is 13.8 Å². The van der Waals surface area contributed by atoms with Gasteiger partial charge in [-0.25, -0.2) is 13.1 Å². The first-order valence-corrected chi connectivity index (χ1v) is 7.44. The van der Waals surface area contributed by atoms with Gasteiger partial charge in [-0.15, -0.1) is 0 Å². The fourth-order valence-corrected chi connectivity index (χ4v) is 3.50. The highest BCUT2D eigenvalue weighted by molar-refractivity contribution is 7.89. The summed E-state index contributed by atoms with van der Waals surface area (Å²) in [6, 6.07) is 3.02. The van der Waals surface area contributed by atoms with Gasteiger partial charge in [0.05, 0.1) is 4.90 Å². The van der Waals surface area contributed by atoms with E-state index in [0.717, 1.165) is 0 Å². The summed E-state index contributed by atoms with van der Waals surface area (Å²) in [5, 5.41) is 0. The molecule has 3 N–H and O–H groups in total. The van der Waals surface area contributed by atoms with Gasteiger partial charge in [-0.1, -0.05) is 0 Å². The minimum atomic E-state index is -4.28. The third-order valence-electron chi connectivity index (χ3n) is 2.68. The molecule has 0 aliphatic carbocycles. The van der Waals surface area contributed by atoms with Crippen molar-refractivity contribution in [3.05, 3.63) is 23.3 Å². The van der Waals surface area contributed by atoms with Crippen LogP contribution in [0.4, 0.5) is 18.9 Å². The topological polar surface area (TPSA) is 72.2 Å². The first kappa shape index (κ1) is 16.8. The van der Waals surface area contributed by atoms with Crippen molar-refractivity contribution < 1.29 is 21.6 Å². The molecule has 0 fully saturated rings. The molecule has 0 saturated carbocycles. The molecule has 1 aromatic carbocycles. The Morgan fingerprint density at radius 3 is 2.15 bits per heavy atom. The smallest absolute Gasteiger partial charge is 0.389 e. The van der Waals surface area contributed by atoms with Crippen LogP contribution in [-0.4, -0.2) is 21.1 Å². The van der Waals surface area contributed by atoms with Crippen LogP contribution in [0, 0.1) is 13.8 Å². The molecule has 1 rings (SSSR count). The molecule has 0 aromatic heterocycles. The van der Waals surface area contributed by atoms with Crippen LogP contribution in [0.3, 0.4) is 0 Å². The van der Waals surface area contributed by atoms with Gasteiger partial charge in [0, 0.05) is 18.7 Å². The lowest BCUT2D eigenvalue weighted by atomic mass is 10.1. The molecule has 0 spiro atoms. The summed E-state index contributed by atoms with van der Waals surface area (Å²) in [6.07, 6.45) is -5.59. The number of nitrogens with one attached hydrogen (secondary N) is 1. The van der Waals surface area contributed by atoms with E-state index in [9.17, 15) is 21.6 Å². The van der Waals surface area contributed by atoms with Gasteiger partial charge in [-0.2, -0.15) is 13.2 Å². The normalized spacial score (nSPS) is 12.7. The third kappa shape index (κ3) is 4.68. The van der Waals surface area contributed by atoms with Crippen LogP contribution in [0.2, 0.25) is 0 Å². The number of anilines is 1. The van der Waals surface area contributed by atoms with Crippen molar-refractivity contribution in [2.75, 3.05) is 12.3 Å². The quantitative estimate of drug-likeness (QED) is 0.648. The summed E-state index contributed by atoms with van der Waals surface area (Å²) in [7, 11) is -3.83. The number of rotatable bonds is 5. The van der Waals surface area contributed by atoms with Crippen LogP contribution in [0.15, 0.2) is 17.0 Å². The average Bonchev–Trinajstić information content (AvgIpc) is 2.21. The first-order chi connectivity index (χ1) is 9.03. The molecule has 4 nitrogen and oxygen atoms in total. The summed E-state index contributed by atoms with van der Waals surface area (Å²) in [6.45, 7) is 2.92. The molecule has 0 aliphatic rings. The molecule has 0 atom stereocenters. The first-order valence-electron chi connectivity index (χ1n) is 5.96. The highest BCUT2D eigenvalue weighted by atomic mass is 32.2. The molecule has 20 heavy (non-hydrogen) atoms. The molecule has 0 heterocycles.